The van der Waals surface area contributed by atoms with E-state index >= 15 is 0 Å². The molecule has 0 aliphatic rings. The first kappa shape index (κ1) is 18.5. The van der Waals surface area contributed by atoms with Gasteiger partial charge in [-0.25, -0.2) is 9.79 Å². The van der Waals surface area contributed by atoms with E-state index in [0.29, 0.717) is 11.1 Å². The van der Waals surface area contributed by atoms with Gasteiger partial charge in [0.2, 0.25) is 0 Å². The second-order valence-corrected chi connectivity index (χ2v) is 6.78. The van der Waals surface area contributed by atoms with Gasteiger partial charge in [-0.1, -0.05) is 24.3 Å². The molecule has 3 rings (SSSR count). The Balaban J connectivity index is 2.00. The predicted molar refractivity (Wildman–Crippen MR) is 101 cm³/mol. The molecule has 0 saturated carbocycles. The van der Waals surface area contributed by atoms with Gasteiger partial charge in [-0.3, -0.25) is 19.5 Å². The summed E-state index contributed by atoms with van der Waals surface area (Å²) in [6.45, 7) is 0. The minimum Gasteiger partial charge on any atom is -0.288 e. The number of anilines is 2. The van der Waals surface area contributed by atoms with Crippen LogP contribution in [0.25, 0.3) is 17.0 Å². The first-order valence-corrected chi connectivity index (χ1v) is 9.13. The number of benzene rings is 2. The number of carbonyl (C=O) groups is 1. The van der Waals surface area contributed by atoms with E-state index in [1.807, 2.05) is 6.07 Å². The molecule has 0 radical (unpaired) electrons. The molecule has 0 bridgehead atoms. The highest BCUT2D eigenvalue weighted by molar-refractivity contribution is 7.87. The summed E-state index contributed by atoms with van der Waals surface area (Å²) in [6.07, 6.45) is 4.14. The standard InChI is InChI=1S/C18H15N3O5S/c22-18(20-23)10-5-13-3-7-15(8-4-13)21(27(24,25)26)16-9-6-14-2-1-11-19-17(14)12-16/h1-12,23H,(H,20,22)(H,24,25,26)/b10-5+. The van der Waals surface area contributed by atoms with Crippen molar-refractivity contribution in [3.05, 3.63) is 72.4 Å². The molecule has 0 fully saturated rings. The van der Waals surface area contributed by atoms with Crippen molar-refractivity contribution in [3.8, 4) is 0 Å². The van der Waals surface area contributed by atoms with Gasteiger partial charge in [-0.05, 0) is 42.0 Å². The van der Waals surface area contributed by atoms with Crippen LogP contribution in [0.5, 0.6) is 0 Å². The Morgan fingerprint density at radius 3 is 2.44 bits per heavy atom. The molecule has 1 amide bonds. The number of pyridine rings is 1. The molecule has 9 heteroatoms. The van der Waals surface area contributed by atoms with E-state index in [4.69, 9.17) is 5.21 Å². The topological polar surface area (TPSA) is 120 Å². The Kier molecular flexibility index (Phi) is 5.17. The number of aromatic nitrogens is 1. The third kappa shape index (κ3) is 4.29. The van der Waals surface area contributed by atoms with Gasteiger partial charge >= 0.3 is 10.3 Å². The molecule has 0 saturated heterocycles. The van der Waals surface area contributed by atoms with Gasteiger partial charge < -0.3 is 0 Å². The van der Waals surface area contributed by atoms with E-state index in [1.165, 1.54) is 23.7 Å². The molecule has 8 nitrogen and oxygen atoms in total. The van der Waals surface area contributed by atoms with Crippen molar-refractivity contribution in [2.24, 2.45) is 0 Å². The first-order chi connectivity index (χ1) is 12.9. The summed E-state index contributed by atoms with van der Waals surface area (Å²) in [6, 6.07) is 14.5. The Bertz CT molecular complexity index is 1110. The van der Waals surface area contributed by atoms with E-state index < -0.39 is 16.2 Å². The molecule has 27 heavy (non-hydrogen) atoms. The lowest BCUT2D eigenvalue weighted by molar-refractivity contribution is -0.124. The quantitative estimate of drug-likeness (QED) is 0.269. The molecule has 3 aromatic rings. The monoisotopic (exact) mass is 385 g/mol. The zero-order valence-electron chi connectivity index (χ0n) is 13.9. The Morgan fingerprint density at radius 1 is 1.07 bits per heavy atom. The van der Waals surface area contributed by atoms with Crippen LogP contribution >= 0.6 is 0 Å². The van der Waals surface area contributed by atoms with E-state index in [0.717, 1.165) is 15.8 Å². The lowest BCUT2D eigenvalue weighted by Crippen LogP contribution is -2.25. The van der Waals surface area contributed by atoms with Crippen LogP contribution in [0, 0.1) is 0 Å². The number of nitrogens with one attached hydrogen (secondary N) is 1. The van der Waals surface area contributed by atoms with Crippen LogP contribution in [-0.2, 0) is 15.1 Å². The summed E-state index contributed by atoms with van der Waals surface area (Å²) in [5.74, 6) is -0.692. The van der Waals surface area contributed by atoms with Crippen LogP contribution in [0.15, 0.2) is 66.9 Å². The van der Waals surface area contributed by atoms with E-state index in [1.54, 1.807) is 42.6 Å². The number of hydrogen-bond donors (Lipinski definition) is 3. The minimum absolute atomic E-state index is 0.205. The van der Waals surface area contributed by atoms with E-state index in [2.05, 4.69) is 4.98 Å². The fourth-order valence-corrected chi connectivity index (χ4v) is 3.29. The highest BCUT2D eigenvalue weighted by atomic mass is 32.2. The van der Waals surface area contributed by atoms with Crippen LogP contribution in [0.4, 0.5) is 11.4 Å². The molecule has 1 heterocycles. The SMILES string of the molecule is O=C(/C=C/c1ccc(N(c2ccc3cccnc3c2)S(=O)(=O)O)cc1)NO. The minimum atomic E-state index is -4.59. The highest BCUT2D eigenvalue weighted by Gasteiger charge is 2.22. The number of fused-ring (bicyclic) bond motifs is 1. The summed E-state index contributed by atoms with van der Waals surface area (Å²) >= 11 is 0. The molecule has 2 aromatic carbocycles. The fourth-order valence-electron chi connectivity index (χ4n) is 2.53. The zero-order chi connectivity index (χ0) is 19.4. The van der Waals surface area contributed by atoms with Gasteiger partial charge in [-0.15, -0.1) is 0 Å². The van der Waals surface area contributed by atoms with Crippen molar-refractivity contribution in [2.75, 3.05) is 4.31 Å². The summed E-state index contributed by atoms with van der Waals surface area (Å²) in [5, 5.41) is 9.30. The van der Waals surface area contributed by atoms with Crippen LogP contribution < -0.4 is 9.79 Å². The van der Waals surface area contributed by atoms with Crippen molar-refractivity contribution < 1.29 is 23.0 Å². The summed E-state index contributed by atoms with van der Waals surface area (Å²) < 4.78 is 34.5. The number of amides is 1. The number of nitrogens with zero attached hydrogens (tertiary/aromatic N) is 2. The van der Waals surface area contributed by atoms with Crippen LogP contribution in [0.3, 0.4) is 0 Å². The van der Waals surface area contributed by atoms with Gasteiger partial charge in [0.05, 0.1) is 16.9 Å². The molecule has 0 aliphatic heterocycles. The maximum absolute atomic E-state index is 12.0. The van der Waals surface area contributed by atoms with Crippen molar-refractivity contribution in [2.45, 2.75) is 0 Å². The Morgan fingerprint density at radius 2 is 1.78 bits per heavy atom. The lowest BCUT2D eigenvalue weighted by atomic mass is 10.1. The molecule has 138 valence electrons. The third-order valence-electron chi connectivity index (χ3n) is 3.72. The van der Waals surface area contributed by atoms with Crippen molar-refractivity contribution >= 4 is 44.6 Å². The molecular formula is C18H15N3O5S. The molecule has 0 atom stereocenters. The fraction of sp³-hybridized carbons (Fsp3) is 0. The largest absolute Gasteiger partial charge is 0.364 e. The molecule has 3 N–H and O–H groups in total. The first-order valence-electron chi connectivity index (χ1n) is 7.73. The molecule has 1 aromatic heterocycles. The van der Waals surface area contributed by atoms with Gasteiger partial charge in [0.1, 0.15) is 0 Å². The molecule has 0 aliphatic carbocycles. The van der Waals surface area contributed by atoms with Crippen LogP contribution in [-0.4, -0.2) is 29.1 Å². The second kappa shape index (κ2) is 7.54. The normalized spacial score (nSPS) is 11.6. The maximum atomic E-state index is 12.0. The van der Waals surface area contributed by atoms with E-state index in [9.17, 15) is 17.8 Å². The van der Waals surface area contributed by atoms with Gasteiger partial charge in [0.15, 0.2) is 0 Å². The lowest BCUT2D eigenvalue weighted by Gasteiger charge is -2.21. The summed E-state index contributed by atoms with van der Waals surface area (Å²) in [7, 11) is -4.59. The van der Waals surface area contributed by atoms with Crippen LogP contribution in [0.1, 0.15) is 5.56 Å². The average Bonchev–Trinajstić information content (AvgIpc) is 2.66. The van der Waals surface area contributed by atoms with Crippen LogP contribution in [0.2, 0.25) is 0 Å². The Hall–Kier alpha value is -3.27. The average molecular weight is 385 g/mol. The Labute approximate surface area is 155 Å². The van der Waals surface area contributed by atoms with Crippen molar-refractivity contribution in [1.82, 2.24) is 10.5 Å². The van der Waals surface area contributed by atoms with Gasteiger partial charge in [-0.2, -0.15) is 8.42 Å². The highest BCUT2D eigenvalue weighted by Crippen LogP contribution is 2.30. The molecular weight excluding hydrogens is 370 g/mol. The number of hydroxylamine groups is 1. The number of rotatable bonds is 5. The third-order valence-corrected chi connectivity index (χ3v) is 4.60. The molecule has 0 unspecified atom stereocenters. The summed E-state index contributed by atoms with van der Waals surface area (Å²) in [5.41, 5.74) is 3.08. The van der Waals surface area contributed by atoms with Gasteiger partial charge in [0, 0.05) is 17.7 Å². The summed E-state index contributed by atoms with van der Waals surface area (Å²) in [4.78, 5) is 15.2. The predicted octanol–water partition coefficient (Wildman–Crippen LogP) is 2.69. The van der Waals surface area contributed by atoms with Crippen molar-refractivity contribution in [3.63, 3.8) is 0 Å². The molecule has 0 spiro atoms. The van der Waals surface area contributed by atoms with E-state index in [-0.39, 0.29) is 11.4 Å². The zero-order valence-corrected chi connectivity index (χ0v) is 14.7. The smallest absolute Gasteiger partial charge is 0.288 e. The maximum Gasteiger partial charge on any atom is 0.364 e. The van der Waals surface area contributed by atoms with Gasteiger partial charge in [0.25, 0.3) is 5.91 Å². The van der Waals surface area contributed by atoms with Crippen molar-refractivity contribution in [1.29, 1.82) is 0 Å². The second-order valence-electron chi connectivity index (χ2n) is 5.52. The number of carbonyl (C=O) groups excluding carboxylic acids is 1. The number of hydrogen-bond acceptors (Lipinski definition) is 5.